The van der Waals surface area contributed by atoms with Crippen molar-refractivity contribution >= 4 is 17.0 Å². The highest BCUT2D eigenvalue weighted by atomic mass is 19.1. The molecule has 0 bridgehead atoms. The number of hydrogen-bond donors (Lipinski definition) is 3. The molecular weight excluding hydrogens is 526 g/mol. The van der Waals surface area contributed by atoms with Gasteiger partial charge in [0.15, 0.2) is 0 Å². The lowest BCUT2D eigenvalue weighted by atomic mass is 10.1. The Bertz CT molecular complexity index is 1550. The number of H-pyrrole nitrogens is 2. The zero-order valence-electron chi connectivity index (χ0n) is 23.1. The molecule has 2 aliphatic rings. The van der Waals surface area contributed by atoms with Crippen LogP contribution in [0.3, 0.4) is 0 Å². The highest BCUT2D eigenvalue weighted by Gasteiger charge is 2.25. The number of benzene rings is 2. The second-order valence-electron chi connectivity index (χ2n) is 11.1. The predicted molar refractivity (Wildman–Crippen MR) is 155 cm³/mol. The molecule has 2 fully saturated rings. The van der Waals surface area contributed by atoms with Crippen LogP contribution in [-0.2, 0) is 26.2 Å². The largest absolute Gasteiger partial charge is 0.369 e. The second-order valence-corrected chi connectivity index (χ2v) is 11.1. The number of nitrogens with two attached hydrogens (primary N) is 1. The van der Waals surface area contributed by atoms with Crippen LogP contribution >= 0.6 is 0 Å². The van der Waals surface area contributed by atoms with Gasteiger partial charge in [0.05, 0.1) is 5.39 Å². The van der Waals surface area contributed by atoms with E-state index in [1.807, 2.05) is 12.1 Å². The molecule has 11 heteroatoms. The van der Waals surface area contributed by atoms with Crippen molar-refractivity contribution in [1.29, 1.82) is 0 Å². The molecule has 6 rings (SSSR count). The summed E-state index contributed by atoms with van der Waals surface area (Å²) in [6, 6.07) is 13.6. The maximum atomic E-state index is 13.6. The molecule has 0 amide bonds. The Kier molecular flexibility index (Phi) is 8.11. The van der Waals surface area contributed by atoms with E-state index >= 15 is 0 Å². The van der Waals surface area contributed by atoms with Gasteiger partial charge in [-0.25, -0.2) is 8.78 Å². The number of hydrogen-bond acceptors (Lipinski definition) is 7. The normalized spacial score (nSPS) is 17.9. The first-order valence-corrected chi connectivity index (χ1v) is 14.2. The summed E-state index contributed by atoms with van der Waals surface area (Å²) in [5.74, 6) is -0.316. The molecule has 2 saturated heterocycles. The number of anilines is 1. The zero-order chi connectivity index (χ0) is 28.3. The van der Waals surface area contributed by atoms with E-state index in [9.17, 15) is 13.6 Å². The summed E-state index contributed by atoms with van der Waals surface area (Å²) in [5.41, 5.74) is 10.1. The molecular formula is C30H36F2N8O. The maximum absolute atomic E-state index is 13.6. The van der Waals surface area contributed by atoms with E-state index in [0.29, 0.717) is 24.1 Å². The number of fused-ring (bicyclic) bond motifs is 1. The Balaban J connectivity index is 1.12. The fraction of sp³-hybridized carbons (Fsp3) is 0.400. The van der Waals surface area contributed by atoms with Gasteiger partial charge in [-0.2, -0.15) is 4.98 Å². The van der Waals surface area contributed by atoms with E-state index in [-0.39, 0.29) is 23.1 Å². The molecule has 0 radical (unpaired) electrons. The Morgan fingerprint density at radius 2 is 1.20 bits per heavy atom. The summed E-state index contributed by atoms with van der Waals surface area (Å²) in [4.78, 5) is 32.9. The molecule has 0 saturated carbocycles. The lowest BCUT2D eigenvalue weighted by Crippen LogP contribution is -2.46. The quantitative estimate of drug-likeness (QED) is 0.304. The molecule has 4 N–H and O–H groups in total. The number of piperazine rings is 2. The molecule has 2 aliphatic heterocycles. The number of rotatable bonds is 8. The van der Waals surface area contributed by atoms with Crippen LogP contribution in [0.5, 0.6) is 0 Å². The number of aromatic amines is 2. The zero-order valence-corrected chi connectivity index (χ0v) is 23.1. The highest BCUT2D eigenvalue weighted by Crippen LogP contribution is 2.24. The van der Waals surface area contributed by atoms with Gasteiger partial charge in [0.2, 0.25) is 5.95 Å². The van der Waals surface area contributed by atoms with E-state index in [1.54, 1.807) is 24.3 Å². The van der Waals surface area contributed by atoms with Gasteiger partial charge in [0.25, 0.3) is 5.56 Å². The third kappa shape index (κ3) is 6.65. The molecule has 9 nitrogen and oxygen atoms in total. The van der Waals surface area contributed by atoms with Crippen LogP contribution in [0, 0.1) is 11.6 Å². The minimum atomic E-state index is -0.227. The van der Waals surface area contributed by atoms with Gasteiger partial charge in [-0.05, 0) is 35.4 Å². The van der Waals surface area contributed by atoms with Crippen molar-refractivity contribution in [2.45, 2.75) is 26.2 Å². The molecule has 0 aliphatic carbocycles. The van der Waals surface area contributed by atoms with E-state index in [1.165, 1.54) is 12.1 Å². The molecule has 0 spiro atoms. The van der Waals surface area contributed by atoms with Crippen molar-refractivity contribution < 1.29 is 8.78 Å². The lowest BCUT2D eigenvalue weighted by molar-refractivity contribution is 0.116. The van der Waals surface area contributed by atoms with Gasteiger partial charge < -0.3 is 10.7 Å². The van der Waals surface area contributed by atoms with Gasteiger partial charge >= 0.3 is 0 Å². The standard InChI is InChI=1S/C30H36F2N8O/c31-23-5-1-3-21(15-23)17-37-7-11-39(12-8-37)19-25-26(34-28-27(25)29(41)36-30(33)35-28)20-40-13-9-38(10-14-40)18-22-4-2-6-24(32)16-22/h1-6,15-16H,7-14,17-20H2,(H4,33,34,35,36,41). The average molecular weight is 563 g/mol. The molecule has 4 heterocycles. The molecule has 2 aromatic carbocycles. The summed E-state index contributed by atoms with van der Waals surface area (Å²) in [5, 5.41) is 0.570. The first-order valence-electron chi connectivity index (χ1n) is 14.2. The molecule has 4 aromatic rings. The van der Waals surface area contributed by atoms with E-state index in [4.69, 9.17) is 5.73 Å². The maximum Gasteiger partial charge on any atom is 0.262 e. The van der Waals surface area contributed by atoms with Gasteiger partial charge in [0.1, 0.15) is 17.3 Å². The van der Waals surface area contributed by atoms with Crippen LogP contribution < -0.4 is 11.3 Å². The van der Waals surface area contributed by atoms with Crippen LogP contribution in [-0.4, -0.2) is 86.9 Å². The summed E-state index contributed by atoms with van der Waals surface area (Å²) < 4.78 is 27.2. The SMILES string of the molecule is Nc1nc2[nH]c(CN3CCN(Cc4cccc(F)c4)CC3)c(CN3CCN(Cc4cccc(F)c4)CC3)c2c(=O)[nH]1. The summed E-state index contributed by atoms with van der Waals surface area (Å²) >= 11 is 0. The lowest BCUT2D eigenvalue weighted by Gasteiger charge is -2.36. The predicted octanol–water partition coefficient (Wildman–Crippen LogP) is 2.75. The summed E-state index contributed by atoms with van der Waals surface area (Å²) in [6.45, 7) is 9.69. The smallest absolute Gasteiger partial charge is 0.262 e. The first kappa shape index (κ1) is 27.5. The minimum absolute atomic E-state index is 0.0961. The van der Waals surface area contributed by atoms with Gasteiger partial charge in [0, 0.05) is 89.8 Å². The van der Waals surface area contributed by atoms with Crippen molar-refractivity contribution in [3.8, 4) is 0 Å². The Morgan fingerprint density at radius 3 is 1.71 bits per heavy atom. The summed E-state index contributed by atoms with van der Waals surface area (Å²) in [7, 11) is 0. The molecule has 0 atom stereocenters. The monoisotopic (exact) mass is 562 g/mol. The topological polar surface area (TPSA) is 101 Å². The van der Waals surface area contributed by atoms with Gasteiger partial charge in [-0.3, -0.25) is 29.4 Å². The van der Waals surface area contributed by atoms with Crippen molar-refractivity contribution in [3.63, 3.8) is 0 Å². The number of aromatic nitrogens is 3. The Labute approximate surface area is 237 Å². The highest BCUT2D eigenvalue weighted by molar-refractivity contribution is 5.81. The van der Waals surface area contributed by atoms with Gasteiger partial charge in [-0.1, -0.05) is 24.3 Å². The van der Waals surface area contributed by atoms with E-state index in [2.05, 4.69) is 34.6 Å². The van der Waals surface area contributed by atoms with Crippen molar-refractivity contribution in [2.75, 3.05) is 58.1 Å². The van der Waals surface area contributed by atoms with Crippen LogP contribution in [0.2, 0.25) is 0 Å². The number of nitrogen functional groups attached to an aromatic ring is 1. The number of nitrogens with zero attached hydrogens (tertiary/aromatic N) is 5. The molecule has 0 unspecified atom stereocenters. The van der Waals surface area contributed by atoms with Crippen LogP contribution in [0.1, 0.15) is 22.4 Å². The second kappa shape index (κ2) is 12.1. The van der Waals surface area contributed by atoms with Crippen LogP contribution in [0.15, 0.2) is 53.3 Å². The third-order valence-corrected chi connectivity index (χ3v) is 8.16. The average Bonchev–Trinajstić information content (AvgIpc) is 3.27. The van der Waals surface area contributed by atoms with E-state index in [0.717, 1.165) is 87.8 Å². The number of halogens is 2. The Morgan fingerprint density at radius 1 is 0.707 bits per heavy atom. The minimum Gasteiger partial charge on any atom is -0.369 e. The Hall–Kier alpha value is -3.64. The van der Waals surface area contributed by atoms with E-state index < -0.39 is 0 Å². The third-order valence-electron chi connectivity index (χ3n) is 8.16. The fourth-order valence-corrected chi connectivity index (χ4v) is 5.99. The number of nitrogens with one attached hydrogen (secondary N) is 2. The van der Waals surface area contributed by atoms with Crippen LogP contribution in [0.4, 0.5) is 14.7 Å². The van der Waals surface area contributed by atoms with Gasteiger partial charge in [-0.15, -0.1) is 0 Å². The summed E-state index contributed by atoms with van der Waals surface area (Å²) in [6.07, 6.45) is 0. The molecule has 41 heavy (non-hydrogen) atoms. The van der Waals surface area contributed by atoms with Crippen molar-refractivity contribution in [3.05, 3.63) is 92.9 Å². The molecule has 2 aromatic heterocycles. The first-order chi connectivity index (χ1) is 19.9. The van der Waals surface area contributed by atoms with Crippen LogP contribution in [0.25, 0.3) is 11.0 Å². The van der Waals surface area contributed by atoms with Crippen molar-refractivity contribution in [2.24, 2.45) is 0 Å². The fourth-order valence-electron chi connectivity index (χ4n) is 5.99. The van der Waals surface area contributed by atoms with Crippen molar-refractivity contribution in [1.82, 2.24) is 34.6 Å². The molecule has 216 valence electrons.